The van der Waals surface area contributed by atoms with Crippen LogP contribution in [0.4, 0.5) is 0 Å². The summed E-state index contributed by atoms with van der Waals surface area (Å²) in [7, 11) is 3.77. The van der Waals surface area contributed by atoms with Crippen LogP contribution in [-0.2, 0) is 23.8 Å². The van der Waals surface area contributed by atoms with Crippen molar-refractivity contribution in [1.29, 1.82) is 0 Å². The maximum absolute atomic E-state index is 12.0. The molecular weight excluding hydrogens is 300 g/mol. The number of carbonyl (C=O) groups is 3. The lowest BCUT2D eigenvalue weighted by atomic mass is 9.95. The van der Waals surface area contributed by atoms with Gasteiger partial charge in [0.25, 0.3) is 0 Å². The Morgan fingerprint density at radius 3 is 1.87 bits per heavy atom. The molecule has 6 nitrogen and oxygen atoms in total. The molecule has 23 heavy (non-hydrogen) atoms. The lowest BCUT2D eigenvalue weighted by Gasteiger charge is -2.14. The Labute approximate surface area is 134 Å². The van der Waals surface area contributed by atoms with Gasteiger partial charge in [0, 0.05) is 5.92 Å². The summed E-state index contributed by atoms with van der Waals surface area (Å²) in [5.74, 6) is -2.07. The van der Waals surface area contributed by atoms with Gasteiger partial charge in [-0.3, -0.25) is 9.59 Å². The molecule has 0 aromatic heterocycles. The third-order valence-electron chi connectivity index (χ3n) is 4.16. The molecule has 1 aliphatic rings. The molecule has 0 radical (unpaired) electrons. The molecule has 1 aliphatic carbocycles. The van der Waals surface area contributed by atoms with Crippen LogP contribution in [0.3, 0.4) is 0 Å². The third kappa shape index (κ3) is 2.72. The predicted molar refractivity (Wildman–Crippen MR) is 81.4 cm³/mol. The van der Waals surface area contributed by atoms with Crippen LogP contribution in [0, 0.1) is 11.3 Å². The Morgan fingerprint density at radius 2 is 1.43 bits per heavy atom. The molecule has 0 heterocycles. The first-order valence-corrected chi connectivity index (χ1v) is 6.96. The van der Waals surface area contributed by atoms with E-state index in [1.165, 1.54) is 21.3 Å². The number of carbonyl (C=O) groups excluding carboxylic acids is 3. The van der Waals surface area contributed by atoms with E-state index in [1.54, 1.807) is 24.3 Å². The van der Waals surface area contributed by atoms with Gasteiger partial charge in [0.1, 0.15) is 0 Å². The Balaban J connectivity index is 2.23. The maximum Gasteiger partial charge on any atom is 0.337 e. The van der Waals surface area contributed by atoms with Crippen LogP contribution in [0.2, 0.25) is 0 Å². The molecule has 0 bridgehead atoms. The normalized spacial score (nSPS) is 17.8. The molecule has 0 saturated heterocycles. The van der Waals surface area contributed by atoms with Crippen LogP contribution < -0.4 is 0 Å². The van der Waals surface area contributed by atoms with Gasteiger partial charge in [-0.1, -0.05) is 18.7 Å². The molecular formula is C17H18O6. The van der Waals surface area contributed by atoms with Crippen molar-refractivity contribution in [2.45, 2.75) is 6.42 Å². The zero-order chi connectivity index (χ0) is 17.2. The van der Waals surface area contributed by atoms with Crippen LogP contribution in [0.5, 0.6) is 0 Å². The van der Waals surface area contributed by atoms with E-state index in [-0.39, 0.29) is 5.92 Å². The molecule has 0 amide bonds. The fraction of sp³-hybridized carbons (Fsp3) is 0.353. The molecule has 1 atom stereocenters. The Hall–Kier alpha value is -2.63. The smallest absolute Gasteiger partial charge is 0.337 e. The van der Waals surface area contributed by atoms with Gasteiger partial charge in [0.15, 0.2) is 5.41 Å². The van der Waals surface area contributed by atoms with Gasteiger partial charge in [0.2, 0.25) is 0 Å². The minimum absolute atomic E-state index is 0.296. The molecule has 1 unspecified atom stereocenters. The summed E-state index contributed by atoms with van der Waals surface area (Å²) < 4.78 is 14.1. The Kier molecular flexibility index (Phi) is 4.54. The predicted octanol–water partition coefficient (Wildman–Crippen LogP) is 1.84. The van der Waals surface area contributed by atoms with Crippen molar-refractivity contribution in [2.24, 2.45) is 11.3 Å². The Bertz CT molecular complexity index is 642. The van der Waals surface area contributed by atoms with Gasteiger partial charge in [-0.15, -0.1) is 0 Å². The minimum Gasteiger partial charge on any atom is -0.468 e. The number of esters is 3. The highest BCUT2D eigenvalue weighted by Gasteiger charge is 2.68. The molecule has 6 heteroatoms. The van der Waals surface area contributed by atoms with Gasteiger partial charge < -0.3 is 14.2 Å². The van der Waals surface area contributed by atoms with Crippen molar-refractivity contribution in [3.8, 4) is 0 Å². The molecule has 1 saturated carbocycles. The number of rotatable bonds is 5. The fourth-order valence-electron chi connectivity index (χ4n) is 2.72. The van der Waals surface area contributed by atoms with E-state index in [4.69, 9.17) is 9.47 Å². The van der Waals surface area contributed by atoms with Crippen molar-refractivity contribution in [2.75, 3.05) is 21.3 Å². The summed E-state index contributed by atoms with van der Waals surface area (Å²) in [4.78, 5) is 35.4. The Morgan fingerprint density at radius 1 is 0.957 bits per heavy atom. The van der Waals surface area contributed by atoms with Crippen LogP contribution in [0.15, 0.2) is 30.8 Å². The zero-order valence-corrected chi connectivity index (χ0v) is 13.3. The monoisotopic (exact) mass is 318 g/mol. The first kappa shape index (κ1) is 16.7. The lowest BCUT2D eigenvalue weighted by Crippen LogP contribution is -2.30. The van der Waals surface area contributed by atoms with E-state index in [9.17, 15) is 14.4 Å². The van der Waals surface area contributed by atoms with E-state index in [1.807, 2.05) is 0 Å². The van der Waals surface area contributed by atoms with Gasteiger partial charge in [-0.05, 0) is 29.7 Å². The molecule has 1 fully saturated rings. The second-order valence-corrected chi connectivity index (χ2v) is 5.31. The van der Waals surface area contributed by atoms with E-state index in [0.29, 0.717) is 17.6 Å². The topological polar surface area (TPSA) is 78.9 Å². The van der Waals surface area contributed by atoms with Gasteiger partial charge in [-0.2, -0.15) is 0 Å². The highest BCUT2D eigenvalue weighted by atomic mass is 16.5. The van der Waals surface area contributed by atoms with Crippen molar-refractivity contribution in [3.05, 3.63) is 42.0 Å². The maximum atomic E-state index is 12.0. The molecule has 1 aromatic carbocycles. The molecule has 1 aromatic rings. The number of benzene rings is 1. The first-order valence-electron chi connectivity index (χ1n) is 6.96. The van der Waals surface area contributed by atoms with Crippen molar-refractivity contribution < 1.29 is 28.6 Å². The number of hydrogen-bond acceptors (Lipinski definition) is 6. The molecule has 2 rings (SSSR count). The van der Waals surface area contributed by atoms with Crippen LogP contribution in [-0.4, -0.2) is 39.2 Å². The molecule has 0 spiro atoms. The summed E-state index contributed by atoms with van der Waals surface area (Å²) in [5.41, 5.74) is 0.448. The fourth-order valence-corrected chi connectivity index (χ4v) is 2.72. The molecule has 0 N–H and O–H groups in total. The van der Waals surface area contributed by atoms with E-state index >= 15 is 0 Å². The summed E-state index contributed by atoms with van der Waals surface area (Å²) in [6, 6.07) is 6.61. The SMILES string of the molecule is C=C(c1ccc(C(=O)OC)cc1)C1CC1(C(=O)OC)C(=O)OC. The average molecular weight is 318 g/mol. The van der Waals surface area contributed by atoms with Gasteiger partial charge in [-0.25, -0.2) is 4.79 Å². The molecule has 122 valence electrons. The van der Waals surface area contributed by atoms with E-state index in [0.717, 1.165) is 5.56 Å². The zero-order valence-electron chi connectivity index (χ0n) is 13.3. The van der Waals surface area contributed by atoms with Crippen molar-refractivity contribution in [3.63, 3.8) is 0 Å². The van der Waals surface area contributed by atoms with Crippen molar-refractivity contribution in [1.82, 2.24) is 0 Å². The van der Waals surface area contributed by atoms with E-state index < -0.39 is 23.3 Å². The minimum atomic E-state index is -1.32. The van der Waals surface area contributed by atoms with Crippen LogP contribution in [0.1, 0.15) is 22.3 Å². The van der Waals surface area contributed by atoms with E-state index in [2.05, 4.69) is 11.3 Å². The van der Waals surface area contributed by atoms with Gasteiger partial charge >= 0.3 is 17.9 Å². The average Bonchev–Trinajstić information content (AvgIpc) is 3.35. The quantitative estimate of drug-likeness (QED) is 0.468. The summed E-state index contributed by atoms with van der Waals surface area (Å²) in [6.07, 6.45) is 0.296. The third-order valence-corrected chi connectivity index (χ3v) is 4.16. The number of allylic oxidation sites excluding steroid dienone is 1. The highest BCUT2D eigenvalue weighted by Crippen LogP contribution is 2.59. The summed E-state index contributed by atoms with van der Waals surface area (Å²) >= 11 is 0. The number of methoxy groups -OCH3 is 3. The highest BCUT2D eigenvalue weighted by molar-refractivity contribution is 6.06. The van der Waals surface area contributed by atoms with Crippen LogP contribution in [0.25, 0.3) is 5.57 Å². The summed E-state index contributed by atoms with van der Waals surface area (Å²) in [5, 5.41) is 0. The largest absolute Gasteiger partial charge is 0.468 e. The standard InChI is InChI=1S/C17H18O6/c1-10(11-5-7-12(8-6-11)14(18)21-2)13-9-17(13,15(19)22-3)16(20)23-4/h5-8,13H,1,9H2,2-4H3. The number of hydrogen-bond donors (Lipinski definition) is 0. The second-order valence-electron chi connectivity index (χ2n) is 5.31. The summed E-state index contributed by atoms with van der Waals surface area (Å²) in [6.45, 7) is 3.98. The molecule has 0 aliphatic heterocycles. The van der Waals surface area contributed by atoms with Gasteiger partial charge in [0.05, 0.1) is 26.9 Å². The van der Waals surface area contributed by atoms with Crippen molar-refractivity contribution >= 4 is 23.5 Å². The van der Waals surface area contributed by atoms with Crippen LogP contribution >= 0.6 is 0 Å². The second kappa shape index (κ2) is 6.24. The first-order chi connectivity index (χ1) is 10.9. The lowest BCUT2D eigenvalue weighted by molar-refractivity contribution is -0.161. The number of ether oxygens (including phenoxy) is 3.